The molecule has 0 saturated heterocycles. The van der Waals surface area contributed by atoms with E-state index in [1.54, 1.807) is 38.1 Å². The Morgan fingerprint density at radius 2 is 1.88 bits per heavy atom. The van der Waals surface area contributed by atoms with Gasteiger partial charge in [-0.1, -0.05) is 48.5 Å². The van der Waals surface area contributed by atoms with Gasteiger partial charge in [0.25, 0.3) is 0 Å². The van der Waals surface area contributed by atoms with Crippen LogP contribution in [-0.4, -0.2) is 12.6 Å². The van der Waals surface area contributed by atoms with Crippen molar-refractivity contribution >= 4 is 16.7 Å². The summed E-state index contributed by atoms with van der Waals surface area (Å²) in [5.41, 5.74) is 7.25. The molecule has 1 aliphatic heterocycles. The Bertz CT molecular complexity index is 1370. The average molecular weight is 458 g/mol. The minimum atomic E-state index is -0.889. The second-order valence-electron chi connectivity index (χ2n) is 7.69. The van der Waals surface area contributed by atoms with E-state index in [4.69, 9.17) is 19.9 Å². The number of benzene rings is 3. The monoisotopic (exact) mass is 458 g/mol. The third kappa shape index (κ3) is 4.18. The van der Waals surface area contributed by atoms with Crippen molar-refractivity contribution in [2.24, 2.45) is 5.73 Å². The molecular formula is C27H23FN2O4. The number of fused-ring (bicyclic) bond motifs is 1. The van der Waals surface area contributed by atoms with Crippen molar-refractivity contribution in [1.82, 2.24) is 0 Å². The lowest BCUT2D eigenvalue weighted by atomic mass is 9.80. The Labute approximate surface area is 196 Å². The Morgan fingerprint density at radius 3 is 2.62 bits per heavy atom. The van der Waals surface area contributed by atoms with E-state index in [-0.39, 0.29) is 41.8 Å². The molecule has 0 aromatic heterocycles. The molecule has 3 aromatic rings. The molecular weight excluding hydrogens is 435 g/mol. The summed E-state index contributed by atoms with van der Waals surface area (Å²) < 4.78 is 31.2. The number of halogens is 1. The van der Waals surface area contributed by atoms with Gasteiger partial charge in [0.2, 0.25) is 5.88 Å². The maximum Gasteiger partial charge on any atom is 0.338 e. The molecule has 1 aliphatic rings. The predicted octanol–water partition coefficient (Wildman–Crippen LogP) is 5.20. The SMILES string of the molecule is CCOC(=O)C1=C(C)OC(N)=C(C#N)C1c1c(OCc2ccccc2F)ccc2ccccc12. The van der Waals surface area contributed by atoms with Gasteiger partial charge in [-0.3, -0.25) is 0 Å². The van der Waals surface area contributed by atoms with E-state index < -0.39 is 11.9 Å². The summed E-state index contributed by atoms with van der Waals surface area (Å²) in [5, 5.41) is 11.6. The van der Waals surface area contributed by atoms with E-state index in [1.807, 2.05) is 30.3 Å². The number of esters is 1. The van der Waals surface area contributed by atoms with Gasteiger partial charge >= 0.3 is 5.97 Å². The van der Waals surface area contributed by atoms with Crippen LogP contribution in [0.3, 0.4) is 0 Å². The number of hydrogen-bond acceptors (Lipinski definition) is 6. The van der Waals surface area contributed by atoms with Gasteiger partial charge in [-0.05, 0) is 36.8 Å². The van der Waals surface area contributed by atoms with Crippen LogP contribution in [0.2, 0.25) is 0 Å². The van der Waals surface area contributed by atoms with Crippen LogP contribution in [0.15, 0.2) is 83.5 Å². The van der Waals surface area contributed by atoms with Crippen molar-refractivity contribution in [3.05, 3.63) is 100 Å². The van der Waals surface area contributed by atoms with Gasteiger partial charge in [-0.2, -0.15) is 5.26 Å². The number of ether oxygens (including phenoxy) is 3. The zero-order valence-corrected chi connectivity index (χ0v) is 18.8. The first kappa shape index (κ1) is 22.9. The van der Waals surface area contributed by atoms with Crippen molar-refractivity contribution in [2.45, 2.75) is 26.4 Å². The van der Waals surface area contributed by atoms with Crippen LogP contribution < -0.4 is 10.5 Å². The van der Waals surface area contributed by atoms with Crippen LogP contribution in [0.5, 0.6) is 5.75 Å². The summed E-state index contributed by atoms with van der Waals surface area (Å²) >= 11 is 0. The molecule has 1 heterocycles. The lowest BCUT2D eigenvalue weighted by Crippen LogP contribution is -2.26. The number of carbonyl (C=O) groups excluding carboxylic acids is 1. The minimum Gasteiger partial charge on any atom is -0.488 e. The van der Waals surface area contributed by atoms with Crippen molar-refractivity contribution in [2.75, 3.05) is 6.61 Å². The molecule has 6 nitrogen and oxygen atoms in total. The molecule has 0 radical (unpaired) electrons. The fraction of sp³-hybridized carbons (Fsp3) is 0.185. The van der Waals surface area contributed by atoms with E-state index in [2.05, 4.69) is 6.07 Å². The molecule has 1 unspecified atom stereocenters. The van der Waals surface area contributed by atoms with Crippen molar-refractivity contribution in [3.63, 3.8) is 0 Å². The fourth-order valence-corrected chi connectivity index (χ4v) is 4.11. The van der Waals surface area contributed by atoms with Crippen LogP contribution in [0.25, 0.3) is 10.8 Å². The van der Waals surface area contributed by atoms with Gasteiger partial charge < -0.3 is 19.9 Å². The van der Waals surface area contributed by atoms with E-state index in [9.17, 15) is 14.4 Å². The molecule has 0 fully saturated rings. The molecule has 1 atom stereocenters. The molecule has 172 valence electrons. The fourth-order valence-electron chi connectivity index (χ4n) is 4.11. The first-order valence-corrected chi connectivity index (χ1v) is 10.8. The van der Waals surface area contributed by atoms with E-state index >= 15 is 0 Å². The molecule has 7 heteroatoms. The molecule has 34 heavy (non-hydrogen) atoms. The average Bonchev–Trinajstić information content (AvgIpc) is 2.83. The molecule has 3 aromatic carbocycles. The predicted molar refractivity (Wildman–Crippen MR) is 125 cm³/mol. The van der Waals surface area contributed by atoms with Gasteiger partial charge in [0.15, 0.2) is 0 Å². The summed E-state index contributed by atoms with van der Waals surface area (Å²) in [6.45, 7) is 3.41. The quantitative estimate of drug-likeness (QED) is 0.510. The second kappa shape index (κ2) is 9.67. The van der Waals surface area contributed by atoms with E-state index in [1.165, 1.54) is 6.07 Å². The molecule has 0 bridgehead atoms. The van der Waals surface area contributed by atoms with Crippen LogP contribution in [0, 0.1) is 17.1 Å². The lowest BCUT2D eigenvalue weighted by Gasteiger charge is -2.29. The third-order valence-electron chi connectivity index (χ3n) is 5.66. The zero-order valence-electron chi connectivity index (χ0n) is 18.8. The number of allylic oxidation sites excluding steroid dienone is 2. The van der Waals surface area contributed by atoms with Gasteiger partial charge in [-0.25, -0.2) is 9.18 Å². The molecule has 0 amide bonds. The number of hydrogen-bond donors (Lipinski definition) is 1. The lowest BCUT2D eigenvalue weighted by molar-refractivity contribution is -0.139. The standard InChI is InChI=1S/C27H23FN2O4/c1-3-32-27(31)23-16(2)34-26(30)20(14-29)25(23)24-19-10-6-4-8-17(19)12-13-22(24)33-15-18-9-5-7-11-21(18)28/h4-13,25H,3,15,30H2,1-2H3. The Kier molecular flexibility index (Phi) is 6.51. The molecule has 0 spiro atoms. The van der Waals surface area contributed by atoms with E-state index in [0.29, 0.717) is 16.9 Å². The molecule has 0 saturated carbocycles. The van der Waals surface area contributed by atoms with Gasteiger partial charge in [0.1, 0.15) is 35.6 Å². The normalized spacial score (nSPS) is 15.6. The highest BCUT2D eigenvalue weighted by Gasteiger charge is 2.38. The summed E-state index contributed by atoms with van der Waals surface area (Å²) in [6.07, 6.45) is 0. The van der Waals surface area contributed by atoms with Crippen molar-refractivity contribution < 1.29 is 23.4 Å². The molecule has 0 aliphatic carbocycles. The largest absolute Gasteiger partial charge is 0.488 e. The van der Waals surface area contributed by atoms with Crippen LogP contribution in [-0.2, 0) is 20.9 Å². The zero-order chi connectivity index (χ0) is 24.2. The van der Waals surface area contributed by atoms with Crippen LogP contribution in [0.4, 0.5) is 4.39 Å². The summed E-state index contributed by atoms with van der Waals surface area (Å²) in [7, 11) is 0. The van der Waals surface area contributed by atoms with Gasteiger partial charge in [-0.15, -0.1) is 0 Å². The third-order valence-corrected chi connectivity index (χ3v) is 5.66. The number of rotatable bonds is 6. The Hall–Kier alpha value is -4.31. The first-order valence-electron chi connectivity index (χ1n) is 10.8. The first-order chi connectivity index (χ1) is 16.5. The number of nitriles is 1. The second-order valence-corrected chi connectivity index (χ2v) is 7.69. The smallest absolute Gasteiger partial charge is 0.338 e. The number of carbonyl (C=O) groups is 1. The number of nitrogens with two attached hydrogens (primary N) is 1. The van der Waals surface area contributed by atoms with Gasteiger partial charge in [0, 0.05) is 11.1 Å². The highest BCUT2D eigenvalue weighted by Crippen LogP contribution is 2.46. The minimum absolute atomic E-state index is 0.0419. The Balaban J connectivity index is 1.93. The summed E-state index contributed by atoms with van der Waals surface area (Å²) in [6, 6.07) is 19.6. The van der Waals surface area contributed by atoms with Crippen LogP contribution in [0.1, 0.15) is 30.9 Å². The molecule has 4 rings (SSSR count). The molecule has 2 N–H and O–H groups in total. The number of nitrogens with zero attached hydrogens (tertiary/aromatic N) is 1. The maximum atomic E-state index is 14.2. The van der Waals surface area contributed by atoms with Crippen molar-refractivity contribution in [3.8, 4) is 11.8 Å². The van der Waals surface area contributed by atoms with E-state index in [0.717, 1.165) is 10.8 Å². The van der Waals surface area contributed by atoms with Crippen molar-refractivity contribution in [1.29, 1.82) is 5.26 Å². The highest BCUT2D eigenvalue weighted by atomic mass is 19.1. The maximum absolute atomic E-state index is 14.2. The topological polar surface area (TPSA) is 94.6 Å². The Morgan fingerprint density at radius 1 is 1.15 bits per heavy atom. The highest BCUT2D eigenvalue weighted by molar-refractivity contribution is 5.96. The summed E-state index contributed by atoms with van der Waals surface area (Å²) in [4.78, 5) is 13.0. The van der Waals surface area contributed by atoms with Gasteiger partial charge in [0.05, 0.1) is 18.1 Å². The summed E-state index contributed by atoms with van der Waals surface area (Å²) in [5.74, 6) is -1.35. The van der Waals surface area contributed by atoms with Crippen LogP contribution >= 0.6 is 0 Å².